The summed E-state index contributed by atoms with van der Waals surface area (Å²) in [6, 6.07) is 4.76. The molecular weight excluding hydrogens is 326 g/mol. The van der Waals surface area contributed by atoms with Gasteiger partial charge < -0.3 is 10.1 Å². The average molecular weight is 347 g/mol. The molecule has 1 aromatic carbocycles. The molecule has 0 aliphatic carbocycles. The third-order valence-corrected chi connectivity index (χ3v) is 4.28. The van der Waals surface area contributed by atoms with Gasteiger partial charge in [-0.1, -0.05) is 29.8 Å². The fourth-order valence-electron chi connectivity index (χ4n) is 2.51. The normalized spacial score (nSPS) is 15.4. The third kappa shape index (κ3) is 3.87. The van der Waals surface area contributed by atoms with Gasteiger partial charge in [-0.2, -0.15) is 0 Å². The Kier molecular flexibility index (Phi) is 5.55. The standard InChI is InChI=1S/C15H21BrClNO/c1-10(2)14(3-5-17)18-9-12-8-13(16)7-11-4-6-19-15(11)12/h7-8,10,14,18H,3-6,9H2,1-2H3. The zero-order chi connectivity index (χ0) is 13.8. The van der Waals surface area contributed by atoms with Crippen molar-refractivity contribution in [3.8, 4) is 5.75 Å². The molecule has 106 valence electrons. The molecule has 19 heavy (non-hydrogen) atoms. The predicted octanol–water partition coefficient (Wildman–Crippen LogP) is 4.13. The molecule has 1 atom stereocenters. The maximum atomic E-state index is 5.87. The molecule has 0 spiro atoms. The lowest BCUT2D eigenvalue weighted by molar-refractivity contribution is 0.346. The number of halogens is 2. The highest BCUT2D eigenvalue weighted by atomic mass is 79.9. The van der Waals surface area contributed by atoms with Crippen LogP contribution in [0.15, 0.2) is 16.6 Å². The molecule has 1 unspecified atom stereocenters. The minimum Gasteiger partial charge on any atom is -0.493 e. The van der Waals surface area contributed by atoms with Crippen molar-refractivity contribution in [2.45, 2.75) is 39.3 Å². The number of fused-ring (bicyclic) bond motifs is 1. The Morgan fingerprint density at radius 1 is 1.42 bits per heavy atom. The molecule has 1 N–H and O–H groups in total. The van der Waals surface area contributed by atoms with Gasteiger partial charge in [-0.15, -0.1) is 11.6 Å². The number of nitrogens with one attached hydrogen (secondary N) is 1. The average Bonchev–Trinajstić information content (AvgIpc) is 2.81. The Bertz CT molecular complexity index is 436. The molecular formula is C15H21BrClNO. The summed E-state index contributed by atoms with van der Waals surface area (Å²) in [6.45, 7) is 6.09. The van der Waals surface area contributed by atoms with E-state index in [2.05, 4.69) is 47.2 Å². The molecule has 2 nitrogen and oxygen atoms in total. The summed E-state index contributed by atoms with van der Waals surface area (Å²) in [5.41, 5.74) is 2.55. The number of hydrogen-bond donors (Lipinski definition) is 1. The lowest BCUT2D eigenvalue weighted by Crippen LogP contribution is -2.33. The molecule has 0 amide bonds. The van der Waals surface area contributed by atoms with E-state index < -0.39 is 0 Å². The van der Waals surface area contributed by atoms with E-state index in [1.165, 1.54) is 11.1 Å². The van der Waals surface area contributed by atoms with Gasteiger partial charge in [-0.3, -0.25) is 0 Å². The van der Waals surface area contributed by atoms with E-state index in [0.29, 0.717) is 17.8 Å². The molecule has 1 heterocycles. The number of hydrogen-bond acceptors (Lipinski definition) is 2. The maximum Gasteiger partial charge on any atom is 0.127 e. The highest BCUT2D eigenvalue weighted by Gasteiger charge is 2.19. The van der Waals surface area contributed by atoms with Crippen LogP contribution in [0.4, 0.5) is 0 Å². The van der Waals surface area contributed by atoms with Crippen molar-refractivity contribution in [3.63, 3.8) is 0 Å². The number of benzene rings is 1. The summed E-state index contributed by atoms with van der Waals surface area (Å²) in [5, 5.41) is 3.61. The summed E-state index contributed by atoms with van der Waals surface area (Å²) >= 11 is 9.45. The predicted molar refractivity (Wildman–Crippen MR) is 84.1 cm³/mol. The number of rotatable bonds is 6. The van der Waals surface area contributed by atoms with Crippen LogP contribution in [0.1, 0.15) is 31.4 Å². The molecule has 0 fully saturated rings. The molecule has 0 saturated heterocycles. The molecule has 1 aromatic rings. The SMILES string of the molecule is CC(C)C(CCCl)NCc1cc(Br)cc2c1OCC2. The van der Waals surface area contributed by atoms with Gasteiger partial charge >= 0.3 is 0 Å². The van der Waals surface area contributed by atoms with E-state index in [1.807, 2.05) is 0 Å². The first kappa shape index (κ1) is 15.1. The highest BCUT2D eigenvalue weighted by Crippen LogP contribution is 2.33. The van der Waals surface area contributed by atoms with Crippen LogP contribution in [0.2, 0.25) is 0 Å². The lowest BCUT2D eigenvalue weighted by atomic mass is 10.0. The van der Waals surface area contributed by atoms with E-state index in [-0.39, 0.29) is 0 Å². The van der Waals surface area contributed by atoms with E-state index in [0.717, 1.165) is 36.2 Å². The van der Waals surface area contributed by atoms with Gasteiger partial charge in [0.05, 0.1) is 6.61 Å². The summed E-state index contributed by atoms with van der Waals surface area (Å²) in [5.74, 6) is 2.35. The van der Waals surface area contributed by atoms with Crippen LogP contribution < -0.4 is 10.1 Å². The molecule has 2 rings (SSSR count). The van der Waals surface area contributed by atoms with Crippen molar-refractivity contribution >= 4 is 27.5 Å². The summed E-state index contributed by atoms with van der Waals surface area (Å²) in [4.78, 5) is 0. The zero-order valence-electron chi connectivity index (χ0n) is 11.5. The summed E-state index contributed by atoms with van der Waals surface area (Å²) in [6.07, 6.45) is 2.01. The molecule has 0 aromatic heterocycles. The second kappa shape index (κ2) is 6.96. The second-order valence-corrected chi connectivity index (χ2v) is 6.65. The Balaban J connectivity index is 2.07. The minimum atomic E-state index is 0.452. The van der Waals surface area contributed by atoms with Crippen LogP contribution in [-0.2, 0) is 13.0 Å². The van der Waals surface area contributed by atoms with Crippen LogP contribution in [-0.4, -0.2) is 18.5 Å². The summed E-state index contributed by atoms with van der Waals surface area (Å²) < 4.78 is 6.88. The molecule has 1 aliphatic rings. The van der Waals surface area contributed by atoms with Gasteiger partial charge in [0.15, 0.2) is 0 Å². The van der Waals surface area contributed by atoms with Crippen LogP contribution in [0.3, 0.4) is 0 Å². The third-order valence-electron chi connectivity index (χ3n) is 3.60. The molecule has 0 radical (unpaired) electrons. The second-order valence-electron chi connectivity index (χ2n) is 5.36. The van der Waals surface area contributed by atoms with Gasteiger partial charge in [0.2, 0.25) is 0 Å². The quantitative estimate of drug-likeness (QED) is 0.782. The van der Waals surface area contributed by atoms with E-state index in [4.69, 9.17) is 16.3 Å². The van der Waals surface area contributed by atoms with Gasteiger partial charge in [-0.25, -0.2) is 0 Å². The maximum absolute atomic E-state index is 5.87. The van der Waals surface area contributed by atoms with Crippen LogP contribution in [0, 0.1) is 5.92 Å². The van der Waals surface area contributed by atoms with Crippen molar-refractivity contribution in [1.82, 2.24) is 5.32 Å². The van der Waals surface area contributed by atoms with Crippen LogP contribution in [0.5, 0.6) is 5.75 Å². The van der Waals surface area contributed by atoms with E-state index in [1.54, 1.807) is 0 Å². The largest absolute Gasteiger partial charge is 0.493 e. The van der Waals surface area contributed by atoms with Crippen LogP contribution >= 0.6 is 27.5 Å². The van der Waals surface area contributed by atoms with Gasteiger partial charge in [0, 0.05) is 34.9 Å². The number of alkyl halides is 1. The van der Waals surface area contributed by atoms with Crippen molar-refractivity contribution in [3.05, 3.63) is 27.7 Å². The first-order chi connectivity index (χ1) is 9.11. The molecule has 0 saturated carbocycles. The zero-order valence-corrected chi connectivity index (χ0v) is 13.9. The molecule has 4 heteroatoms. The van der Waals surface area contributed by atoms with Crippen molar-refractivity contribution in [1.29, 1.82) is 0 Å². The molecule has 1 aliphatic heterocycles. The van der Waals surface area contributed by atoms with Crippen LogP contribution in [0.25, 0.3) is 0 Å². The fraction of sp³-hybridized carbons (Fsp3) is 0.600. The number of ether oxygens (including phenoxy) is 1. The monoisotopic (exact) mass is 345 g/mol. The van der Waals surface area contributed by atoms with Gasteiger partial charge in [-0.05, 0) is 30.0 Å². The topological polar surface area (TPSA) is 21.3 Å². The molecule has 0 bridgehead atoms. The van der Waals surface area contributed by atoms with Gasteiger partial charge in [0.1, 0.15) is 5.75 Å². The Morgan fingerprint density at radius 3 is 2.89 bits per heavy atom. The van der Waals surface area contributed by atoms with Crippen molar-refractivity contribution in [2.75, 3.05) is 12.5 Å². The Morgan fingerprint density at radius 2 is 2.21 bits per heavy atom. The summed E-state index contributed by atoms with van der Waals surface area (Å²) in [7, 11) is 0. The Labute approximate surface area is 129 Å². The lowest BCUT2D eigenvalue weighted by Gasteiger charge is -2.22. The van der Waals surface area contributed by atoms with Crippen molar-refractivity contribution < 1.29 is 4.74 Å². The smallest absolute Gasteiger partial charge is 0.127 e. The first-order valence-electron chi connectivity index (χ1n) is 6.85. The fourth-order valence-corrected chi connectivity index (χ4v) is 3.29. The first-order valence-corrected chi connectivity index (χ1v) is 8.18. The Hall–Kier alpha value is -0.250. The van der Waals surface area contributed by atoms with E-state index in [9.17, 15) is 0 Å². The van der Waals surface area contributed by atoms with E-state index >= 15 is 0 Å². The highest BCUT2D eigenvalue weighted by molar-refractivity contribution is 9.10. The van der Waals surface area contributed by atoms with Crippen molar-refractivity contribution in [2.24, 2.45) is 5.92 Å². The van der Waals surface area contributed by atoms with Gasteiger partial charge in [0.25, 0.3) is 0 Å². The minimum absolute atomic E-state index is 0.452.